The van der Waals surface area contributed by atoms with Gasteiger partial charge in [-0.25, -0.2) is 0 Å². The molecule has 0 bridgehead atoms. The Balaban J connectivity index is 1.74. The number of thiophene rings is 1. The first kappa shape index (κ1) is 21.7. The molecule has 1 saturated heterocycles. The molecular formula is C25H30N2O3S. The molecule has 164 valence electrons. The zero-order valence-corrected chi connectivity index (χ0v) is 19.3. The number of likely N-dealkylation sites (tertiary alicyclic amines) is 1. The van der Waals surface area contributed by atoms with Gasteiger partial charge < -0.3 is 14.5 Å². The van der Waals surface area contributed by atoms with E-state index >= 15 is 0 Å². The minimum atomic E-state index is -0.211. The van der Waals surface area contributed by atoms with Crippen molar-refractivity contribution in [1.82, 2.24) is 4.90 Å². The normalized spacial score (nSPS) is 15.6. The molecule has 1 aromatic carbocycles. The molecule has 1 fully saturated rings. The van der Waals surface area contributed by atoms with Gasteiger partial charge in [-0.1, -0.05) is 18.6 Å². The van der Waals surface area contributed by atoms with Crippen LogP contribution in [0.15, 0.2) is 47.1 Å². The van der Waals surface area contributed by atoms with Gasteiger partial charge in [-0.15, -0.1) is 11.3 Å². The number of hydrogen-bond acceptors (Lipinski definition) is 5. The SMILES string of the molecule is CCOc1ccc(C(c2c(NC(=O)c3ccco3)sc(C)c2C)N2CCCCC2)cc1. The number of rotatable bonds is 7. The second kappa shape index (κ2) is 9.71. The highest BCUT2D eigenvalue weighted by Crippen LogP contribution is 2.43. The number of ether oxygens (including phenoxy) is 1. The van der Waals surface area contributed by atoms with Crippen LogP contribution >= 0.6 is 11.3 Å². The van der Waals surface area contributed by atoms with Gasteiger partial charge >= 0.3 is 0 Å². The van der Waals surface area contributed by atoms with Gasteiger partial charge in [-0.3, -0.25) is 9.69 Å². The number of carbonyl (C=O) groups is 1. The van der Waals surface area contributed by atoms with E-state index in [1.165, 1.54) is 47.1 Å². The van der Waals surface area contributed by atoms with Crippen LogP contribution in [0.25, 0.3) is 0 Å². The Morgan fingerprint density at radius 3 is 2.55 bits per heavy atom. The summed E-state index contributed by atoms with van der Waals surface area (Å²) in [5.41, 5.74) is 3.65. The highest BCUT2D eigenvalue weighted by Gasteiger charge is 2.30. The Morgan fingerprint density at radius 1 is 1.16 bits per heavy atom. The first-order valence-electron chi connectivity index (χ1n) is 11.0. The van der Waals surface area contributed by atoms with E-state index in [0.717, 1.165) is 23.8 Å². The molecular weight excluding hydrogens is 408 g/mol. The number of hydrogen-bond donors (Lipinski definition) is 1. The Hall–Kier alpha value is -2.57. The number of carbonyl (C=O) groups excluding carboxylic acids is 1. The molecule has 4 rings (SSSR count). The standard InChI is InChI=1S/C25H30N2O3S/c1-4-29-20-12-10-19(11-13-20)23(27-14-6-5-7-15-27)22-17(2)18(3)31-25(22)26-24(28)21-9-8-16-30-21/h8-13,16,23H,4-7,14-15H2,1-3H3,(H,26,28). The second-order valence-electron chi connectivity index (χ2n) is 7.96. The molecule has 3 aromatic rings. The topological polar surface area (TPSA) is 54.7 Å². The summed E-state index contributed by atoms with van der Waals surface area (Å²) < 4.78 is 11.0. The zero-order valence-electron chi connectivity index (χ0n) is 18.4. The summed E-state index contributed by atoms with van der Waals surface area (Å²) >= 11 is 1.64. The molecule has 0 aliphatic carbocycles. The van der Waals surface area contributed by atoms with Gasteiger partial charge in [0.2, 0.25) is 0 Å². The van der Waals surface area contributed by atoms with Crippen molar-refractivity contribution in [3.8, 4) is 5.75 Å². The van der Waals surface area contributed by atoms with Gasteiger partial charge in [0, 0.05) is 10.4 Å². The molecule has 2 aromatic heterocycles. The van der Waals surface area contributed by atoms with Gasteiger partial charge in [-0.05, 0) is 82.1 Å². The number of nitrogens with zero attached hydrogens (tertiary/aromatic N) is 1. The van der Waals surface area contributed by atoms with E-state index in [1.807, 2.05) is 19.1 Å². The van der Waals surface area contributed by atoms with Crippen LogP contribution in [0.4, 0.5) is 5.00 Å². The van der Waals surface area contributed by atoms with Crippen LogP contribution in [-0.2, 0) is 0 Å². The fourth-order valence-electron chi connectivity index (χ4n) is 4.29. The number of nitrogens with one attached hydrogen (secondary N) is 1. The number of furan rings is 1. The number of piperidine rings is 1. The van der Waals surface area contributed by atoms with Crippen LogP contribution in [0, 0.1) is 13.8 Å². The van der Waals surface area contributed by atoms with Crippen LogP contribution in [0.5, 0.6) is 5.75 Å². The molecule has 1 aliphatic heterocycles. The maximum absolute atomic E-state index is 12.8. The summed E-state index contributed by atoms with van der Waals surface area (Å²) in [7, 11) is 0. The van der Waals surface area contributed by atoms with Gasteiger partial charge in [0.05, 0.1) is 18.9 Å². The molecule has 31 heavy (non-hydrogen) atoms. The van der Waals surface area contributed by atoms with Crippen molar-refractivity contribution in [3.63, 3.8) is 0 Å². The maximum Gasteiger partial charge on any atom is 0.291 e. The minimum absolute atomic E-state index is 0.0906. The Morgan fingerprint density at radius 2 is 1.90 bits per heavy atom. The summed E-state index contributed by atoms with van der Waals surface area (Å²) in [6, 6.07) is 11.9. The molecule has 1 amide bonds. The van der Waals surface area contributed by atoms with E-state index in [0.29, 0.717) is 12.4 Å². The molecule has 1 aliphatic rings. The molecule has 3 heterocycles. The predicted octanol–water partition coefficient (Wildman–Crippen LogP) is 6.18. The lowest BCUT2D eigenvalue weighted by molar-refractivity contribution is 0.0996. The minimum Gasteiger partial charge on any atom is -0.494 e. The third-order valence-electron chi connectivity index (χ3n) is 5.94. The largest absolute Gasteiger partial charge is 0.494 e. The monoisotopic (exact) mass is 438 g/mol. The fraction of sp³-hybridized carbons (Fsp3) is 0.400. The highest BCUT2D eigenvalue weighted by atomic mass is 32.1. The molecule has 0 radical (unpaired) electrons. The molecule has 0 spiro atoms. The summed E-state index contributed by atoms with van der Waals surface area (Å²) in [4.78, 5) is 16.5. The quantitative estimate of drug-likeness (QED) is 0.478. The summed E-state index contributed by atoms with van der Waals surface area (Å²) in [5, 5.41) is 4.03. The third kappa shape index (κ3) is 4.70. The number of aryl methyl sites for hydroxylation is 1. The summed E-state index contributed by atoms with van der Waals surface area (Å²) in [6.07, 6.45) is 5.20. The van der Waals surface area contributed by atoms with E-state index < -0.39 is 0 Å². The molecule has 0 saturated carbocycles. The Kier molecular flexibility index (Phi) is 6.78. The molecule has 5 nitrogen and oxygen atoms in total. The van der Waals surface area contributed by atoms with Gasteiger partial charge in [-0.2, -0.15) is 0 Å². The van der Waals surface area contributed by atoms with Crippen molar-refractivity contribution in [2.75, 3.05) is 25.0 Å². The van der Waals surface area contributed by atoms with Crippen molar-refractivity contribution in [2.24, 2.45) is 0 Å². The van der Waals surface area contributed by atoms with E-state index in [9.17, 15) is 4.79 Å². The van der Waals surface area contributed by atoms with Crippen LogP contribution in [0.1, 0.15) is 64.4 Å². The molecule has 1 unspecified atom stereocenters. The summed E-state index contributed by atoms with van der Waals surface area (Å²) in [6.45, 7) is 9.04. The van der Waals surface area contributed by atoms with E-state index in [-0.39, 0.29) is 11.9 Å². The zero-order chi connectivity index (χ0) is 21.8. The average molecular weight is 439 g/mol. The number of amides is 1. The number of anilines is 1. The van der Waals surface area contributed by atoms with E-state index in [4.69, 9.17) is 9.15 Å². The van der Waals surface area contributed by atoms with Gasteiger partial charge in [0.1, 0.15) is 10.8 Å². The molecule has 1 N–H and O–H groups in total. The first-order chi connectivity index (χ1) is 15.1. The smallest absolute Gasteiger partial charge is 0.291 e. The second-order valence-corrected chi connectivity index (χ2v) is 9.18. The maximum atomic E-state index is 12.8. The van der Waals surface area contributed by atoms with Crippen molar-refractivity contribution in [1.29, 1.82) is 0 Å². The van der Waals surface area contributed by atoms with E-state index in [1.54, 1.807) is 23.5 Å². The fourth-order valence-corrected chi connectivity index (χ4v) is 5.38. The van der Waals surface area contributed by atoms with Crippen LogP contribution in [0.3, 0.4) is 0 Å². The lowest BCUT2D eigenvalue weighted by Crippen LogP contribution is -2.35. The van der Waals surface area contributed by atoms with Gasteiger partial charge in [0.25, 0.3) is 5.91 Å². The van der Waals surface area contributed by atoms with Crippen molar-refractivity contribution in [2.45, 2.75) is 46.1 Å². The number of benzene rings is 1. The lowest BCUT2D eigenvalue weighted by Gasteiger charge is -2.36. The Bertz CT molecular complexity index is 1000. The third-order valence-corrected chi connectivity index (χ3v) is 7.08. The summed E-state index contributed by atoms with van der Waals surface area (Å²) in [5.74, 6) is 0.995. The average Bonchev–Trinajstić information content (AvgIpc) is 3.41. The van der Waals surface area contributed by atoms with Crippen LogP contribution in [-0.4, -0.2) is 30.5 Å². The van der Waals surface area contributed by atoms with Crippen molar-refractivity contribution < 1.29 is 13.9 Å². The van der Waals surface area contributed by atoms with Crippen molar-refractivity contribution in [3.05, 3.63) is 70.0 Å². The van der Waals surface area contributed by atoms with Crippen molar-refractivity contribution >= 4 is 22.2 Å². The van der Waals surface area contributed by atoms with E-state index in [2.05, 4.69) is 36.2 Å². The molecule has 6 heteroatoms. The highest BCUT2D eigenvalue weighted by molar-refractivity contribution is 7.16. The van der Waals surface area contributed by atoms with Gasteiger partial charge in [0.15, 0.2) is 5.76 Å². The Labute approximate surface area is 188 Å². The molecule has 1 atom stereocenters. The van der Waals surface area contributed by atoms with Crippen LogP contribution < -0.4 is 10.1 Å². The first-order valence-corrected chi connectivity index (χ1v) is 11.8. The lowest BCUT2D eigenvalue weighted by atomic mass is 9.93. The predicted molar refractivity (Wildman–Crippen MR) is 125 cm³/mol. The van der Waals surface area contributed by atoms with Crippen LogP contribution in [0.2, 0.25) is 0 Å².